The first kappa shape index (κ1) is 7.76. The predicted molar refractivity (Wildman–Crippen MR) is 47.0 cm³/mol. The van der Waals surface area contributed by atoms with Crippen LogP contribution in [0.3, 0.4) is 0 Å². The van der Waals surface area contributed by atoms with Crippen molar-refractivity contribution in [1.29, 1.82) is 0 Å². The number of nitrogens with zero attached hydrogens (tertiary/aromatic N) is 1. The Morgan fingerprint density at radius 3 is 2.56 bits per heavy atom. The summed E-state index contributed by atoms with van der Waals surface area (Å²) in [5, 5.41) is 0.826. The molecule has 1 heterocycles. The minimum atomic E-state index is 0.708. The van der Waals surface area contributed by atoms with Gasteiger partial charge in [0.25, 0.3) is 0 Å². The topological polar surface area (TPSA) is 3.24 Å². The Morgan fingerprint density at radius 1 is 1.67 bits per heavy atom. The summed E-state index contributed by atoms with van der Waals surface area (Å²) in [5.74, 6) is 0. The number of thioether (sulfide) groups is 2. The number of rotatable bonds is 1. The third-order valence-electron chi connectivity index (χ3n) is 1.46. The van der Waals surface area contributed by atoms with Crippen LogP contribution in [0.1, 0.15) is 6.92 Å². The van der Waals surface area contributed by atoms with Gasteiger partial charge in [0.1, 0.15) is 4.71 Å². The van der Waals surface area contributed by atoms with E-state index in [1.54, 1.807) is 0 Å². The summed E-state index contributed by atoms with van der Waals surface area (Å²) in [6.07, 6.45) is 2.17. The Morgan fingerprint density at radius 2 is 2.33 bits per heavy atom. The highest BCUT2D eigenvalue weighted by Crippen LogP contribution is 2.34. The molecule has 0 aliphatic carbocycles. The maximum Gasteiger partial charge on any atom is 0.102 e. The highest BCUT2D eigenvalue weighted by atomic mass is 32.2. The third-order valence-corrected chi connectivity index (χ3v) is 4.34. The summed E-state index contributed by atoms with van der Waals surface area (Å²) in [4.78, 5) is 2.40. The first-order chi connectivity index (χ1) is 4.24. The molecule has 0 bridgehead atoms. The van der Waals surface area contributed by atoms with Crippen LogP contribution in [-0.4, -0.2) is 34.7 Å². The lowest BCUT2D eigenvalue weighted by Gasteiger charge is -2.14. The molecule has 2 atom stereocenters. The Kier molecular flexibility index (Phi) is 2.73. The summed E-state index contributed by atoms with van der Waals surface area (Å²) in [7, 11) is 2.19. The highest BCUT2D eigenvalue weighted by Gasteiger charge is 2.25. The van der Waals surface area contributed by atoms with E-state index in [1.165, 1.54) is 6.54 Å². The Labute approximate surface area is 65.6 Å². The fourth-order valence-electron chi connectivity index (χ4n) is 1.07. The molecule has 2 unspecified atom stereocenters. The van der Waals surface area contributed by atoms with Gasteiger partial charge in [0.15, 0.2) is 0 Å². The van der Waals surface area contributed by atoms with Gasteiger partial charge in [0.2, 0.25) is 0 Å². The molecule has 1 fully saturated rings. The normalized spacial score (nSPS) is 37.7. The van der Waals surface area contributed by atoms with Gasteiger partial charge in [-0.15, -0.1) is 23.5 Å². The van der Waals surface area contributed by atoms with Gasteiger partial charge in [-0.25, -0.2) is 0 Å². The van der Waals surface area contributed by atoms with Crippen LogP contribution in [0.2, 0.25) is 0 Å². The van der Waals surface area contributed by atoms with Crippen molar-refractivity contribution in [3.8, 4) is 0 Å². The molecule has 1 saturated heterocycles. The van der Waals surface area contributed by atoms with Crippen molar-refractivity contribution in [3.63, 3.8) is 0 Å². The van der Waals surface area contributed by atoms with Gasteiger partial charge in [0.05, 0.1) is 0 Å². The van der Waals surface area contributed by atoms with E-state index in [4.69, 9.17) is 0 Å². The van der Waals surface area contributed by atoms with E-state index < -0.39 is 0 Å². The molecular weight excluding hydrogens is 150 g/mol. The van der Waals surface area contributed by atoms with E-state index in [2.05, 4.69) is 36.9 Å². The zero-order valence-electron chi connectivity index (χ0n) is 6.13. The largest absolute Gasteiger partial charge is 0.285 e. The second-order valence-electron chi connectivity index (χ2n) is 2.43. The van der Waals surface area contributed by atoms with Crippen molar-refractivity contribution in [3.05, 3.63) is 0 Å². The first-order valence-electron chi connectivity index (χ1n) is 3.12. The molecule has 0 radical (unpaired) electrons. The molecule has 1 rings (SSSR count). The SMILES string of the molecule is CSC1SC(C)CN1C. The van der Waals surface area contributed by atoms with E-state index in [1.807, 2.05) is 11.8 Å². The van der Waals surface area contributed by atoms with Crippen molar-refractivity contribution in [2.45, 2.75) is 16.9 Å². The van der Waals surface area contributed by atoms with Crippen LogP contribution in [0.25, 0.3) is 0 Å². The second-order valence-corrected chi connectivity index (χ2v) is 5.17. The highest BCUT2D eigenvalue weighted by molar-refractivity contribution is 8.17. The van der Waals surface area contributed by atoms with E-state index in [-0.39, 0.29) is 0 Å². The van der Waals surface area contributed by atoms with Crippen molar-refractivity contribution < 1.29 is 0 Å². The first-order valence-corrected chi connectivity index (χ1v) is 5.35. The van der Waals surface area contributed by atoms with Gasteiger partial charge in [0, 0.05) is 11.8 Å². The molecule has 1 nitrogen and oxygen atoms in total. The average molecular weight is 163 g/mol. The third kappa shape index (κ3) is 1.79. The summed E-state index contributed by atoms with van der Waals surface area (Å²) in [5.41, 5.74) is 0. The number of hydrogen-bond donors (Lipinski definition) is 0. The van der Waals surface area contributed by atoms with E-state index in [0.29, 0.717) is 4.71 Å². The van der Waals surface area contributed by atoms with Crippen molar-refractivity contribution >= 4 is 23.5 Å². The molecule has 0 aromatic carbocycles. The molecule has 0 N–H and O–H groups in total. The van der Waals surface area contributed by atoms with Gasteiger partial charge in [-0.2, -0.15) is 0 Å². The maximum atomic E-state index is 2.40. The summed E-state index contributed by atoms with van der Waals surface area (Å²) in [6.45, 7) is 3.54. The van der Waals surface area contributed by atoms with Gasteiger partial charge >= 0.3 is 0 Å². The van der Waals surface area contributed by atoms with Crippen LogP contribution in [0.4, 0.5) is 0 Å². The van der Waals surface area contributed by atoms with Gasteiger partial charge in [-0.3, -0.25) is 4.90 Å². The Balaban J connectivity index is 2.38. The molecule has 0 amide bonds. The zero-order chi connectivity index (χ0) is 6.85. The summed E-state index contributed by atoms with van der Waals surface area (Å²) in [6, 6.07) is 0. The average Bonchev–Trinajstić information content (AvgIpc) is 2.10. The molecule has 0 spiro atoms. The lowest BCUT2D eigenvalue weighted by atomic mass is 10.5. The van der Waals surface area contributed by atoms with Crippen LogP contribution in [-0.2, 0) is 0 Å². The summed E-state index contributed by atoms with van der Waals surface area (Å²) >= 11 is 4.00. The smallest absolute Gasteiger partial charge is 0.102 e. The van der Waals surface area contributed by atoms with Gasteiger partial charge < -0.3 is 0 Å². The van der Waals surface area contributed by atoms with Crippen molar-refractivity contribution in [1.82, 2.24) is 4.90 Å². The standard InChI is InChI=1S/C6H13NS2/c1-5-4-7(2)6(8-3)9-5/h5-6H,4H2,1-3H3. The summed E-state index contributed by atoms with van der Waals surface area (Å²) < 4.78 is 0.708. The molecule has 0 saturated carbocycles. The van der Waals surface area contributed by atoms with Crippen LogP contribution >= 0.6 is 23.5 Å². The van der Waals surface area contributed by atoms with Gasteiger partial charge in [-0.1, -0.05) is 6.92 Å². The molecule has 54 valence electrons. The molecule has 3 heteroatoms. The predicted octanol–water partition coefficient (Wildman–Crippen LogP) is 1.70. The van der Waals surface area contributed by atoms with Gasteiger partial charge in [-0.05, 0) is 13.3 Å². The van der Waals surface area contributed by atoms with Crippen LogP contribution < -0.4 is 0 Å². The molecular formula is C6H13NS2. The van der Waals surface area contributed by atoms with E-state index in [0.717, 1.165) is 5.25 Å². The monoisotopic (exact) mass is 163 g/mol. The Bertz CT molecular complexity index is 97.1. The fourth-order valence-corrected chi connectivity index (χ4v) is 3.54. The lowest BCUT2D eigenvalue weighted by molar-refractivity contribution is 0.401. The molecule has 0 aromatic heterocycles. The lowest BCUT2D eigenvalue weighted by Crippen LogP contribution is -2.20. The van der Waals surface area contributed by atoms with Crippen LogP contribution in [0.5, 0.6) is 0 Å². The number of hydrogen-bond acceptors (Lipinski definition) is 3. The molecule has 1 aliphatic heterocycles. The van der Waals surface area contributed by atoms with Crippen LogP contribution in [0, 0.1) is 0 Å². The second kappa shape index (κ2) is 3.17. The van der Waals surface area contributed by atoms with Crippen molar-refractivity contribution in [2.75, 3.05) is 19.8 Å². The minimum Gasteiger partial charge on any atom is -0.285 e. The molecule has 0 aromatic rings. The van der Waals surface area contributed by atoms with Crippen molar-refractivity contribution in [2.24, 2.45) is 0 Å². The Hall–Kier alpha value is 0.660. The maximum absolute atomic E-state index is 2.40. The molecule has 1 aliphatic rings. The van der Waals surface area contributed by atoms with E-state index in [9.17, 15) is 0 Å². The van der Waals surface area contributed by atoms with E-state index >= 15 is 0 Å². The zero-order valence-corrected chi connectivity index (χ0v) is 7.76. The van der Waals surface area contributed by atoms with Crippen LogP contribution in [0.15, 0.2) is 0 Å². The quantitative estimate of drug-likeness (QED) is 0.579. The molecule has 9 heavy (non-hydrogen) atoms. The fraction of sp³-hybridized carbons (Fsp3) is 1.00. The minimum absolute atomic E-state index is 0.708.